The number of thiazole rings is 1. The topological polar surface area (TPSA) is 66.0 Å². The molecular formula is C28H34N6S. The molecule has 0 spiro atoms. The molecule has 6 nitrogen and oxygen atoms in total. The van der Waals surface area contributed by atoms with Crippen molar-refractivity contribution in [2.45, 2.75) is 51.1 Å². The highest BCUT2D eigenvalue weighted by Crippen LogP contribution is 2.28. The molecule has 0 unspecified atom stereocenters. The summed E-state index contributed by atoms with van der Waals surface area (Å²) in [5, 5.41) is 9.60. The fraction of sp³-hybridized carbons (Fsp3) is 0.393. The quantitative estimate of drug-likeness (QED) is 0.334. The molecule has 5 rings (SSSR count). The number of aromatic nitrogens is 3. The van der Waals surface area contributed by atoms with Gasteiger partial charge < -0.3 is 15.5 Å². The lowest BCUT2D eigenvalue weighted by atomic mass is 9.91. The van der Waals surface area contributed by atoms with E-state index in [1.54, 1.807) is 11.3 Å². The van der Waals surface area contributed by atoms with Crippen molar-refractivity contribution >= 4 is 34.0 Å². The molecular weight excluding hydrogens is 452 g/mol. The Balaban J connectivity index is 1.12. The summed E-state index contributed by atoms with van der Waals surface area (Å²) >= 11 is 1.80. The van der Waals surface area contributed by atoms with E-state index in [9.17, 15) is 0 Å². The van der Waals surface area contributed by atoms with E-state index in [1.807, 2.05) is 26.2 Å². The molecule has 35 heavy (non-hydrogen) atoms. The molecule has 0 atom stereocenters. The van der Waals surface area contributed by atoms with Gasteiger partial charge in [0, 0.05) is 55.0 Å². The van der Waals surface area contributed by atoms with Crippen LogP contribution in [-0.4, -0.2) is 47.7 Å². The first kappa shape index (κ1) is 23.7. The van der Waals surface area contributed by atoms with Crippen LogP contribution in [0.15, 0.2) is 54.6 Å². The minimum atomic E-state index is 0.415. The maximum Gasteiger partial charge on any atom is 0.225 e. The van der Waals surface area contributed by atoms with Gasteiger partial charge in [-0.3, -0.25) is 0 Å². The molecule has 182 valence electrons. The van der Waals surface area contributed by atoms with Gasteiger partial charge in [0.1, 0.15) is 10.8 Å². The van der Waals surface area contributed by atoms with Gasteiger partial charge in [-0.25, -0.2) is 9.97 Å². The van der Waals surface area contributed by atoms with Crippen LogP contribution in [0.3, 0.4) is 0 Å². The van der Waals surface area contributed by atoms with E-state index < -0.39 is 0 Å². The van der Waals surface area contributed by atoms with Gasteiger partial charge in [-0.1, -0.05) is 42.5 Å². The fourth-order valence-electron chi connectivity index (χ4n) is 4.85. The standard InChI is InChI=1S/C28H34N6S/c1-19-24(31-27(35-19)20-9-5-4-6-10-20)17-18-29-21-13-15-22(16-14-21)30-28-32-25-12-8-7-11-23(25)26(33-28)34(2)3/h4-12,21-22,29H,13-18H2,1-3H3,(H,30,32,33)/t21-,22+. The summed E-state index contributed by atoms with van der Waals surface area (Å²) in [6, 6.07) is 19.7. The molecule has 0 aliphatic heterocycles. The van der Waals surface area contributed by atoms with E-state index in [-0.39, 0.29) is 0 Å². The lowest BCUT2D eigenvalue weighted by Crippen LogP contribution is -2.38. The van der Waals surface area contributed by atoms with Gasteiger partial charge in [-0.05, 0) is 44.7 Å². The molecule has 4 aromatic rings. The summed E-state index contributed by atoms with van der Waals surface area (Å²) in [6.07, 6.45) is 5.55. The van der Waals surface area contributed by atoms with Gasteiger partial charge in [0.2, 0.25) is 5.95 Å². The molecule has 2 N–H and O–H groups in total. The highest BCUT2D eigenvalue weighted by atomic mass is 32.1. The van der Waals surface area contributed by atoms with Crippen molar-refractivity contribution in [1.29, 1.82) is 0 Å². The first-order valence-corrected chi connectivity index (χ1v) is 13.3. The molecule has 0 amide bonds. The Kier molecular flexibility index (Phi) is 7.25. The molecule has 1 saturated carbocycles. The van der Waals surface area contributed by atoms with Crippen molar-refractivity contribution in [3.05, 3.63) is 65.2 Å². The lowest BCUT2D eigenvalue weighted by Gasteiger charge is -2.30. The predicted molar refractivity (Wildman–Crippen MR) is 148 cm³/mol. The van der Waals surface area contributed by atoms with Crippen molar-refractivity contribution in [3.8, 4) is 10.6 Å². The highest BCUT2D eigenvalue weighted by Gasteiger charge is 2.22. The largest absolute Gasteiger partial charge is 0.362 e. The number of benzene rings is 2. The Morgan fingerprint density at radius 3 is 2.37 bits per heavy atom. The van der Waals surface area contributed by atoms with Gasteiger partial charge in [0.15, 0.2) is 0 Å². The Morgan fingerprint density at radius 2 is 1.60 bits per heavy atom. The molecule has 0 saturated heterocycles. The number of hydrogen-bond acceptors (Lipinski definition) is 7. The molecule has 0 radical (unpaired) electrons. The zero-order chi connectivity index (χ0) is 24.2. The second-order valence-corrected chi connectivity index (χ2v) is 10.8. The number of anilines is 2. The average molecular weight is 487 g/mol. The van der Waals surface area contributed by atoms with Crippen molar-refractivity contribution in [2.24, 2.45) is 0 Å². The zero-order valence-corrected chi connectivity index (χ0v) is 21.6. The number of fused-ring (bicyclic) bond motifs is 1. The van der Waals surface area contributed by atoms with Crippen molar-refractivity contribution in [3.63, 3.8) is 0 Å². The summed E-state index contributed by atoms with van der Waals surface area (Å²) in [4.78, 5) is 17.9. The van der Waals surface area contributed by atoms with Crippen LogP contribution in [0.4, 0.5) is 11.8 Å². The Morgan fingerprint density at radius 1 is 0.886 bits per heavy atom. The molecule has 2 aromatic carbocycles. The second kappa shape index (κ2) is 10.7. The number of hydrogen-bond donors (Lipinski definition) is 2. The summed E-state index contributed by atoms with van der Waals surface area (Å²) in [5.74, 6) is 1.69. The lowest BCUT2D eigenvalue weighted by molar-refractivity contribution is 0.355. The van der Waals surface area contributed by atoms with Crippen LogP contribution >= 0.6 is 11.3 Å². The van der Waals surface area contributed by atoms with Gasteiger partial charge in [0.25, 0.3) is 0 Å². The zero-order valence-electron chi connectivity index (χ0n) is 20.8. The van der Waals surface area contributed by atoms with Crippen LogP contribution in [0.2, 0.25) is 0 Å². The average Bonchev–Trinajstić information content (AvgIpc) is 3.25. The maximum absolute atomic E-state index is 4.91. The van der Waals surface area contributed by atoms with Gasteiger partial charge in [-0.15, -0.1) is 11.3 Å². The maximum atomic E-state index is 4.91. The van der Waals surface area contributed by atoms with Crippen LogP contribution < -0.4 is 15.5 Å². The van der Waals surface area contributed by atoms with E-state index in [2.05, 4.69) is 64.9 Å². The monoisotopic (exact) mass is 486 g/mol. The van der Waals surface area contributed by atoms with Crippen molar-refractivity contribution in [1.82, 2.24) is 20.3 Å². The third-order valence-corrected chi connectivity index (χ3v) is 7.84. The molecule has 1 aliphatic carbocycles. The van der Waals surface area contributed by atoms with E-state index >= 15 is 0 Å². The smallest absolute Gasteiger partial charge is 0.225 e. The third-order valence-electron chi connectivity index (χ3n) is 6.78. The summed E-state index contributed by atoms with van der Waals surface area (Å²) in [7, 11) is 4.07. The minimum Gasteiger partial charge on any atom is -0.362 e. The van der Waals surface area contributed by atoms with Gasteiger partial charge in [-0.2, -0.15) is 4.98 Å². The first-order chi connectivity index (χ1) is 17.1. The summed E-state index contributed by atoms with van der Waals surface area (Å²) in [5.41, 5.74) is 3.41. The van der Waals surface area contributed by atoms with Crippen molar-refractivity contribution in [2.75, 3.05) is 30.9 Å². The number of nitrogens with one attached hydrogen (secondary N) is 2. The van der Waals surface area contributed by atoms with Crippen LogP contribution in [-0.2, 0) is 6.42 Å². The number of aryl methyl sites for hydroxylation is 1. The minimum absolute atomic E-state index is 0.415. The predicted octanol–water partition coefficient (Wildman–Crippen LogP) is 5.68. The SMILES string of the molecule is Cc1sc(-c2ccccc2)nc1CCN[C@H]1CC[C@@H](Nc2nc(N(C)C)c3ccccc3n2)CC1. The second-order valence-electron chi connectivity index (χ2n) is 9.57. The van der Waals surface area contributed by atoms with Crippen LogP contribution in [0.5, 0.6) is 0 Å². The Hall–Kier alpha value is -3.03. The summed E-state index contributed by atoms with van der Waals surface area (Å²) < 4.78 is 0. The third kappa shape index (κ3) is 5.63. The molecule has 2 aromatic heterocycles. The fourth-order valence-corrected chi connectivity index (χ4v) is 5.81. The van der Waals surface area contributed by atoms with Crippen molar-refractivity contribution < 1.29 is 0 Å². The first-order valence-electron chi connectivity index (χ1n) is 12.5. The van der Waals surface area contributed by atoms with E-state index in [0.29, 0.717) is 12.1 Å². The van der Waals surface area contributed by atoms with Gasteiger partial charge >= 0.3 is 0 Å². The molecule has 7 heteroatoms. The van der Waals surface area contributed by atoms with Gasteiger partial charge in [0.05, 0.1) is 11.2 Å². The molecule has 0 bridgehead atoms. The van der Waals surface area contributed by atoms with Crippen LogP contribution in [0.1, 0.15) is 36.3 Å². The number of nitrogens with zero attached hydrogens (tertiary/aromatic N) is 4. The van der Waals surface area contributed by atoms with E-state index in [0.717, 1.165) is 66.3 Å². The molecule has 2 heterocycles. The Bertz CT molecular complexity index is 1260. The van der Waals surface area contributed by atoms with Crippen LogP contribution in [0.25, 0.3) is 21.5 Å². The van der Waals surface area contributed by atoms with E-state index in [1.165, 1.54) is 16.1 Å². The van der Waals surface area contributed by atoms with E-state index in [4.69, 9.17) is 15.0 Å². The van der Waals surface area contributed by atoms with Crippen LogP contribution in [0, 0.1) is 6.92 Å². The molecule has 1 fully saturated rings. The highest BCUT2D eigenvalue weighted by molar-refractivity contribution is 7.15. The normalized spacial score (nSPS) is 18.0. The Labute approximate surface area is 211 Å². The number of rotatable bonds is 8. The number of para-hydroxylation sites is 1. The summed E-state index contributed by atoms with van der Waals surface area (Å²) in [6.45, 7) is 3.16. The molecule has 1 aliphatic rings.